The van der Waals surface area contributed by atoms with Crippen LogP contribution in [0.3, 0.4) is 0 Å². The molecule has 1 unspecified atom stereocenters. The van der Waals surface area contributed by atoms with Gasteiger partial charge in [-0.3, -0.25) is 4.79 Å². The lowest BCUT2D eigenvalue weighted by molar-refractivity contribution is -0.186. The summed E-state index contributed by atoms with van der Waals surface area (Å²) < 4.78 is 0. The second-order valence-corrected chi connectivity index (χ2v) is 7.15. The Balaban J connectivity index is 2.64. The Hall–Kier alpha value is -0.710. The van der Waals surface area contributed by atoms with Gasteiger partial charge < -0.3 is 15.3 Å². The van der Waals surface area contributed by atoms with Crippen molar-refractivity contribution in [3.05, 3.63) is 11.6 Å². The predicted octanol–water partition coefficient (Wildman–Crippen LogP) is 1.04. The van der Waals surface area contributed by atoms with E-state index in [2.05, 4.69) is 0 Å². The fraction of sp³-hybridized carbons (Fsp3) is 0.800. The molecule has 0 amide bonds. The summed E-state index contributed by atoms with van der Waals surface area (Å²) in [7, 11) is 0. The summed E-state index contributed by atoms with van der Waals surface area (Å²) >= 11 is 0. The van der Waals surface area contributed by atoms with Gasteiger partial charge in [0.15, 0.2) is 5.78 Å². The van der Waals surface area contributed by atoms with Crippen LogP contribution in [0.1, 0.15) is 40.5 Å². The van der Waals surface area contributed by atoms with Crippen LogP contribution in [0, 0.1) is 16.7 Å². The molecule has 1 fully saturated rings. The number of aliphatic hydroxyl groups excluding tert-OH is 2. The maximum Gasteiger partial charge on any atom is 0.160 e. The van der Waals surface area contributed by atoms with E-state index in [0.717, 1.165) is 0 Å². The number of allylic oxidation sites excluding steroid dienone is 1. The molecule has 0 aliphatic heterocycles. The Labute approximate surface area is 114 Å². The van der Waals surface area contributed by atoms with Crippen molar-refractivity contribution in [2.45, 2.75) is 52.2 Å². The number of carbonyl (C=O) groups excluding carboxylic acids is 1. The summed E-state index contributed by atoms with van der Waals surface area (Å²) in [6.45, 7) is 6.94. The summed E-state index contributed by atoms with van der Waals surface area (Å²) in [6, 6.07) is 0. The van der Waals surface area contributed by atoms with Crippen LogP contribution in [0.5, 0.6) is 0 Å². The van der Waals surface area contributed by atoms with Gasteiger partial charge in [-0.2, -0.15) is 0 Å². The van der Waals surface area contributed by atoms with Gasteiger partial charge >= 0.3 is 0 Å². The lowest BCUT2D eigenvalue weighted by Crippen LogP contribution is -2.65. The maximum atomic E-state index is 12.4. The van der Waals surface area contributed by atoms with Crippen molar-refractivity contribution in [2.75, 3.05) is 6.61 Å². The van der Waals surface area contributed by atoms with Crippen molar-refractivity contribution in [2.24, 2.45) is 16.7 Å². The first kappa shape index (κ1) is 14.7. The zero-order chi connectivity index (χ0) is 14.6. The van der Waals surface area contributed by atoms with Gasteiger partial charge in [-0.1, -0.05) is 20.8 Å². The highest BCUT2D eigenvalue weighted by atomic mass is 16.3. The van der Waals surface area contributed by atoms with Gasteiger partial charge in [-0.25, -0.2) is 0 Å². The number of aliphatic hydroxyl groups is 3. The van der Waals surface area contributed by atoms with Crippen molar-refractivity contribution in [1.29, 1.82) is 0 Å². The summed E-state index contributed by atoms with van der Waals surface area (Å²) in [6.07, 6.45) is 1.76. The van der Waals surface area contributed by atoms with Crippen LogP contribution >= 0.6 is 0 Å². The molecule has 108 valence electrons. The van der Waals surface area contributed by atoms with E-state index in [4.69, 9.17) is 0 Å². The van der Waals surface area contributed by atoms with Crippen molar-refractivity contribution < 1.29 is 20.1 Å². The van der Waals surface area contributed by atoms with Crippen molar-refractivity contribution in [1.82, 2.24) is 0 Å². The Morgan fingerprint density at radius 3 is 2.42 bits per heavy atom. The van der Waals surface area contributed by atoms with E-state index in [9.17, 15) is 20.1 Å². The van der Waals surface area contributed by atoms with E-state index in [1.165, 1.54) is 6.08 Å². The molecule has 0 saturated heterocycles. The van der Waals surface area contributed by atoms with Gasteiger partial charge in [0.2, 0.25) is 0 Å². The second kappa shape index (κ2) is 4.14. The smallest absolute Gasteiger partial charge is 0.160 e. The monoisotopic (exact) mass is 268 g/mol. The zero-order valence-corrected chi connectivity index (χ0v) is 12.1. The average Bonchev–Trinajstić information content (AvgIpc) is 2.22. The minimum absolute atomic E-state index is 0.00461. The summed E-state index contributed by atoms with van der Waals surface area (Å²) in [5, 5.41) is 30.7. The minimum Gasteiger partial charge on any atom is -0.393 e. The van der Waals surface area contributed by atoms with Crippen LogP contribution in [0.4, 0.5) is 0 Å². The summed E-state index contributed by atoms with van der Waals surface area (Å²) in [5.41, 5.74) is -2.18. The highest BCUT2D eigenvalue weighted by molar-refractivity contribution is 5.95. The fourth-order valence-corrected chi connectivity index (χ4v) is 4.55. The Bertz CT molecular complexity index is 439. The number of hydrogen-bond acceptors (Lipinski definition) is 4. The summed E-state index contributed by atoms with van der Waals surface area (Å²) in [4.78, 5) is 12.4. The van der Waals surface area contributed by atoms with E-state index in [1.54, 1.807) is 6.92 Å². The van der Waals surface area contributed by atoms with E-state index in [-0.39, 0.29) is 11.7 Å². The molecule has 0 spiro atoms. The molecule has 0 aromatic carbocycles. The highest BCUT2D eigenvalue weighted by Gasteiger charge is 2.63. The number of hydrogen-bond donors (Lipinski definition) is 3. The van der Waals surface area contributed by atoms with Gasteiger partial charge in [-0.05, 0) is 36.8 Å². The SMILES string of the molecule is CC1=CC(=O)[C@H]2C(C)(C)C[C@H](O)C[C@]2(C)C1(O)CO. The van der Waals surface area contributed by atoms with E-state index in [1.807, 2.05) is 20.8 Å². The first-order chi connectivity index (χ1) is 8.58. The fourth-order valence-electron chi connectivity index (χ4n) is 4.55. The number of ketones is 1. The third kappa shape index (κ3) is 1.81. The van der Waals surface area contributed by atoms with Crippen LogP contribution < -0.4 is 0 Å². The molecule has 0 aromatic heterocycles. The number of fused-ring (bicyclic) bond motifs is 1. The van der Waals surface area contributed by atoms with E-state index in [0.29, 0.717) is 18.4 Å². The normalized spacial score (nSPS) is 45.6. The molecule has 2 rings (SSSR count). The predicted molar refractivity (Wildman–Crippen MR) is 71.4 cm³/mol. The third-order valence-electron chi connectivity index (χ3n) is 5.31. The average molecular weight is 268 g/mol. The zero-order valence-electron chi connectivity index (χ0n) is 12.1. The molecule has 2 aliphatic carbocycles. The standard InChI is InChI=1S/C15H24O4/c1-9-5-11(18)12-13(2,3)6-10(17)7-14(12,4)15(9,19)8-16/h5,10,12,16-17,19H,6-8H2,1-4H3/t10-,12-,14-,15?/m0/s1. The quantitative estimate of drug-likeness (QED) is 0.664. The molecule has 1 saturated carbocycles. The molecule has 0 radical (unpaired) electrons. The van der Waals surface area contributed by atoms with E-state index >= 15 is 0 Å². The van der Waals surface area contributed by atoms with Crippen LogP contribution in [0.15, 0.2) is 11.6 Å². The highest BCUT2D eigenvalue weighted by Crippen LogP contribution is 2.59. The molecule has 0 aromatic rings. The molecule has 19 heavy (non-hydrogen) atoms. The van der Waals surface area contributed by atoms with Gasteiger partial charge in [0.1, 0.15) is 5.60 Å². The molecule has 4 nitrogen and oxygen atoms in total. The Morgan fingerprint density at radius 1 is 1.32 bits per heavy atom. The van der Waals surface area contributed by atoms with Crippen molar-refractivity contribution in [3.8, 4) is 0 Å². The molecular weight excluding hydrogens is 244 g/mol. The van der Waals surface area contributed by atoms with Gasteiger partial charge in [0.05, 0.1) is 12.7 Å². The molecule has 4 heteroatoms. The van der Waals surface area contributed by atoms with Crippen LogP contribution in [0.2, 0.25) is 0 Å². The Morgan fingerprint density at radius 2 is 1.89 bits per heavy atom. The van der Waals surface area contributed by atoms with E-state index < -0.39 is 29.1 Å². The van der Waals surface area contributed by atoms with Crippen molar-refractivity contribution in [3.63, 3.8) is 0 Å². The molecule has 0 bridgehead atoms. The largest absolute Gasteiger partial charge is 0.393 e. The molecule has 3 N–H and O–H groups in total. The van der Waals surface area contributed by atoms with Crippen LogP contribution in [-0.4, -0.2) is 39.4 Å². The molecule has 2 aliphatic rings. The topological polar surface area (TPSA) is 77.8 Å². The Kier molecular flexibility index (Phi) is 3.20. The first-order valence-electron chi connectivity index (χ1n) is 6.82. The minimum atomic E-state index is -1.44. The van der Waals surface area contributed by atoms with Crippen LogP contribution in [-0.2, 0) is 4.79 Å². The number of rotatable bonds is 1. The number of carbonyl (C=O) groups is 1. The molecular formula is C15H24O4. The first-order valence-corrected chi connectivity index (χ1v) is 6.82. The maximum absolute atomic E-state index is 12.4. The second-order valence-electron chi connectivity index (χ2n) is 7.15. The lowest BCUT2D eigenvalue weighted by atomic mass is 9.46. The summed E-state index contributed by atoms with van der Waals surface area (Å²) in [5.74, 6) is -0.390. The lowest BCUT2D eigenvalue weighted by Gasteiger charge is -2.59. The van der Waals surface area contributed by atoms with Crippen LogP contribution in [0.25, 0.3) is 0 Å². The van der Waals surface area contributed by atoms with Gasteiger partial charge in [0.25, 0.3) is 0 Å². The molecule has 0 heterocycles. The van der Waals surface area contributed by atoms with Gasteiger partial charge in [-0.15, -0.1) is 0 Å². The van der Waals surface area contributed by atoms with Gasteiger partial charge in [0, 0.05) is 11.3 Å². The van der Waals surface area contributed by atoms with Crippen molar-refractivity contribution >= 4 is 5.78 Å². The third-order valence-corrected chi connectivity index (χ3v) is 5.31. The molecule has 4 atom stereocenters.